The summed E-state index contributed by atoms with van der Waals surface area (Å²) in [5, 5.41) is 3.11. The number of nitrogens with zero attached hydrogens (tertiary/aromatic N) is 1. The number of nitrogens with one attached hydrogen (secondary N) is 1. The van der Waals surface area contributed by atoms with E-state index >= 15 is 0 Å². The highest BCUT2D eigenvalue weighted by molar-refractivity contribution is 5.18. The zero-order valence-corrected chi connectivity index (χ0v) is 11.6. The van der Waals surface area contributed by atoms with E-state index in [0.29, 0.717) is 11.6 Å². The van der Waals surface area contributed by atoms with Crippen LogP contribution in [0.5, 0.6) is 0 Å². The van der Waals surface area contributed by atoms with Crippen molar-refractivity contribution in [2.24, 2.45) is 5.92 Å². The van der Waals surface area contributed by atoms with Gasteiger partial charge in [-0.25, -0.2) is 0 Å². The first-order valence-electron chi connectivity index (χ1n) is 6.55. The van der Waals surface area contributed by atoms with Gasteiger partial charge in [-0.05, 0) is 31.5 Å². The summed E-state index contributed by atoms with van der Waals surface area (Å²) >= 11 is 0. The lowest BCUT2D eigenvalue weighted by atomic mass is 10.0. The zero-order valence-electron chi connectivity index (χ0n) is 11.6. The molecule has 0 saturated carbocycles. The number of aromatic nitrogens is 1. The van der Waals surface area contributed by atoms with Crippen LogP contribution in [0.4, 0.5) is 13.2 Å². The number of halogens is 3. The summed E-state index contributed by atoms with van der Waals surface area (Å²) in [6, 6.07) is 2.56. The maximum absolute atomic E-state index is 12.4. The molecule has 19 heavy (non-hydrogen) atoms. The highest BCUT2D eigenvalue weighted by Gasteiger charge is 2.30. The fraction of sp³-hybridized carbons (Fsp3) is 0.643. The average molecular weight is 274 g/mol. The third-order valence-corrected chi connectivity index (χ3v) is 3.09. The molecule has 0 bridgehead atoms. The fourth-order valence-electron chi connectivity index (χ4n) is 1.95. The van der Waals surface area contributed by atoms with Crippen molar-refractivity contribution in [3.05, 3.63) is 29.6 Å². The second-order valence-corrected chi connectivity index (χ2v) is 5.14. The first-order chi connectivity index (χ1) is 8.84. The van der Waals surface area contributed by atoms with Gasteiger partial charge in [0.2, 0.25) is 0 Å². The molecule has 0 aliphatic carbocycles. The molecule has 1 N–H and O–H groups in total. The van der Waals surface area contributed by atoms with Crippen LogP contribution in [0.2, 0.25) is 0 Å². The Hall–Kier alpha value is -1.10. The molecule has 108 valence electrons. The van der Waals surface area contributed by atoms with Gasteiger partial charge in [0.05, 0.1) is 11.3 Å². The van der Waals surface area contributed by atoms with Crippen LogP contribution in [0.25, 0.3) is 0 Å². The van der Waals surface area contributed by atoms with E-state index in [1.165, 1.54) is 6.07 Å². The largest absolute Gasteiger partial charge is 0.417 e. The summed E-state index contributed by atoms with van der Waals surface area (Å²) in [4.78, 5) is 3.93. The minimum absolute atomic E-state index is 0.0148. The second-order valence-electron chi connectivity index (χ2n) is 5.14. The predicted octanol–water partition coefficient (Wildman–Crippen LogP) is 4.19. The maximum atomic E-state index is 12.4. The van der Waals surface area contributed by atoms with E-state index < -0.39 is 11.7 Å². The summed E-state index contributed by atoms with van der Waals surface area (Å²) < 4.78 is 37.3. The Bertz CT molecular complexity index is 371. The van der Waals surface area contributed by atoms with Crippen molar-refractivity contribution >= 4 is 0 Å². The van der Waals surface area contributed by atoms with Crippen LogP contribution in [-0.4, -0.2) is 12.0 Å². The van der Waals surface area contributed by atoms with Gasteiger partial charge in [-0.2, -0.15) is 13.2 Å². The van der Waals surface area contributed by atoms with Gasteiger partial charge >= 0.3 is 6.18 Å². The summed E-state index contributed by atoms with van der Waals surface area (Å²) in [5.41, 5.74) is -0.0347. The highest BCUT2D eigenvalue weighted by Crippen LogP contribution is 2.29. The molecule has 0 radical (unpaired) electrons. The number of hydrogen-bond acceptors (Lipinski definition) is 2. The van der Waals surface area contributed by atoms with Crippen molar-refractivity contribution in [1.82, 2.24) is 10.3 Å². The molecule has 0 aliphatic heterocycles. The molecule has 1 rings (SSSR count). The predicted molar refractivity (Wildman–Crippen MR) is 69.7 cm³/mol. The Morgan fingerprint density at radius 3 is 2.32 bits per heavy atom. The van der Waals surface area contributed by atoms with Crippen LogP contribution in [0.15, 0.2) is 18.3 Å². The topological polar surface area (TPSA) is 24.9 Å². The van der Waals surface area contributed by atoms with Gasteiger partial charge in [0, 0.05) is 12.2 Å². The van der Waals surface area contributed by atoms with Gasteiger partial charge in [0.15, 0.2) is 0 Å². The SMILES string of the molecule is CNC(CCCC(C)C)c1ccc(C(F)(F)F)cn1. The van der Waals surface area contributed by atoms with Gasteiger partial charge in [0.1, 0.15) is 0 Å². The molecule has 0 saturated heterocycles. The fourth-order valence-corrected chi connectivity index (χ4v) is 1.95. The molecule has 1 aromatic heterocycles. The molecule has 1 unspecified atom stereocenters. The lowest BCUT2D eigenvalue weighted by molar-refractivity contribution is -0.137. The minimum Gasteiger partial charge on any atom is -0.312 e. The van der Waals surface area contributed by atoms with Crippen LogP contribution in [0.1, 0.15) is 50.4 Å². The maximum Gasteiger partial charge on any atom is 0.417 e. The molecule has 0 aromatic carbocycles. The molecule has 0 amide bonds. The lowest BCUT2D eigenvalue weighted by Crippen LogP contribution is -2.18. The van der Waals surface area contributed by atoms with Crippen LogP contribution in [-0.2, 0) is 6.18 Å². The van der Waals surface area contributed by atoms with Crippen molar-refractivity contribution in [2.75, 3.05) is 7.05 Å². The third-order valence-electron chi connectivity index (χ3n) is 3.09. The monoisotopic (exact) mass is 274 g/mol. The Morgan fingerprint density at radius 2 is 1.89 bits per heavy atom. The summed E-state index contributed by atoms with van der Waals surface area (Å²) in [6.45, 7) is 4.31. The highest BCUT2D eigenvalue weighted by atomic mass is 19.4. The van der Waals surface area contributed by atoms with Gasteiger partial charge < -0.3 is 5.32 Å². The standard InChI is InChI=1S/C14H21F3N2/c1-10(2)5-4-6-12(18-3)13-8-7-11(9-19-13)14(15,16)17/h7-10,12,18H,4-6H2,1-3H3. The van der Waals surface area contributed by atoms with Crippen molar-refractivity contribution in [1.29, 1.82) is 0 Å². The Kier molecular flexibility index (Phi) is 5.79. The van der Waals surface area contributed by atoms with Crippen LogP contribution >= 0.6 is 0 Å². The van der Waals surface area contributed by atoms with Crippen LogP contribution in [0, 0.1) is 5.92 Å². The van der Waals surface area contributed by atoms with Gasteiger partial charge in [-0.15, -0.1) is 0 Å². The number of pyridine rings is 1. The summed E-state index contributed by atoms with van der Waals surface area (Å²) in [7, 11) is 1.80. The van der Waals surface area contributed by atoms with Gasteiger partial charge in [-0.3, -0.25) is 4.98 Å². The molecule has 1 heterocycles. The molecule has 5 heteroatoms. The smallest absolute Gasteiger partial charge is 0.312 e. The van der Waals surface area contributed by atoms with E-state index in [9.17, 15) is 13.2 Å². The number of rotatable bonds is 6. The summed E-state index contributed by atoms with van der Waals surface area (Å²) in [5.74, 6) is 0.637. The van der Waals surface area contributed by atoms with Gasteiger partial charge in [-0.1, -0.05) is 26.7 Å². The molecule has 0 fully saturated rings. The molecule has 0 spiro atoms. The second kappa shape index (κ2) is 6.89. The normalized spacial score (nSPS) is 13.8. The first kappa shape index (κ1) is 16.0. The van der Waals surface area contributed by atoms with Crippen LogP contribution in [0.3, 0.4) is 0 Å². The molecule has 1 atom stereocenters. The summed E-state index contributed by atoms with van der Waals surface area (Å²) in [6.07, 6.45) is -0.391. The van der Waals surface area contributed by atoms with Crippen LogP contribution < -0.4 is 5.32 Å². The average Bonchev–Trinajstić information content (AvgIpc) is 2.33. The zero-order chi connectivity index (χ0) is 14.5. The number of hydrogen-bond donors (Lipinski definition) is 1. The molecule has 1 aromatic rings. The van der Waals surface area contributed by atoms with E-state index in [2.05, 4.69) is 24.1 Å². The van der Waals surface area contributed by atoms with Crippen molar-refractivity contribution in [3.8, 4) is 0 Å². The lowest BCUT2D eigenvalue weighted by Gasteiger charge is -2.17. The van der Waals surface area contributed by atoms with E-state index in [-0.39, 0.29) is 6.04 Å². The Labute approximate surface area is 112 Å². The van der Waals surface area contributed by atoms with Gasteiger partial charge in [0.25, 0.3) is 0 Å². The molecular weight excluding hydrogens is 253 g/mol. The van der Waals surface area contributed by atoms with Crippen molar-refractivity contribution < 1.29 is 13.2 Å². The van der Waals surface area contributed by atoms with E-state index in [1.54, 1.807) is 7.05 Å². The van der Waals surface area contributed by atoms with E-state index in [4.69, 9.17) is 0 Å². The first-order valence-corrected chi connectivity index (χ1v) is 6.55. The molecule has 2 nitrogen and oxygen atoms in total. The Balaban J connectivity index is 2.66. The van der Waals surface area contributed by atoms with Crippen molar-refractivity contribution in [2.45, 2.75) is 45.3 Å². The van der Waals surface area contributed by atoms with E-state index in [1.807, 2.05) is 0 Å². The number of alkyl halides is 3. The van der Waals surface area contributed by atoms with E-state index in [0.717, 1.165) is 31.5 Å². The Morgan fingerprint density at radius 1 is 1.21 bits per heavy atom. The molecule has 0 aliphatic rings. The van der Waals surface area contributed by atoms with Crippen molar-refractivity contribution in [3.63, 3.8) is 0 Å². The third kappa shape index (κ3) is 5.19. The minimum atomic E-state index is -4.32. The molecular formula is C14H21F3N2. The quantitative estimate of drug-likeness (QED) is 0.841.